The number of hydrogen-bond donors (Lipinski definition) is 2. The Morgan fingerprint density at radius 2 is 2.39 bits per heavy atom. The third-order valence-electron chi connectivity index (χ3n) is 2.49. The molecule has 2 heterocycles. The second-order valence-corrected chi connectivity index (χ2v) is 5.65. The molecule has 2 aromatic rings. The zero-order valence-corrected chi connectivity index (χ0v) is 12.3. The van der Waals surface area contributed by atoms with E-state index in [4.69, 9.17) is 5.84 Å². The van der Waals surface area contributed by atoms with Gasteiger partial charge in [-0.25, -0.2) is 10.8 Å². The molecule has 0 atom stereocenters. The number of nitrogens with zero attached hydrogens (tertiary/aromatic N) is 3. The summed E-state index contributed by atoms with van der Waals surface area (Å²) in [7, 11) is 2.00. The number of hydrogen-bond acceptors (Lipinski definition) is 6. The summed E-state index contributed by atoms with van der Waals surface area (Å²) in [5.41, 5.74) is 2.45. The summed E-state index contributed by atoms with van der Waals surface area (Å²) in [5, 5.41) is 2.09. The van der Waals surface area contributed by atoms with E-state index in [0.717, 1.165) is 23.3 Å². The summed E-state index contributed by atoms with van der Waals surface area (Å²) in [4.78, 5) is 11.8. The monoisotopic (exact) mass is 327 g/mol. The van der Waals surface area contributed by atoms with E-state index in [1.165, 1.54) is 4.88 Å². The minimum Gasteiger partial charge on any atom is -0.358 e. The lowest BCUT2D eigenvalue weighted by Crippen LogP contribution is -2.23. The SMILES string of the molecule is CN(CCc1cccs1)c1nc(NN)ncc1Br. The average molecular weight is 328 g/mol. The Balaban J connectivity index is 2.05. The normalized spacial score (nSPS) is 10.4. The second kappa shape index (κ2) is 6.12. The largest absolute Gasteiger partial charge is 0.358 e. The summed E-state index contributed by atoms with van der Waals surface area (Å²) in [6.07, 6.45) is 2.69. The number of nitrogens with one attached hydrogen (secondary N) is 1. The Kier molecular flexibility index (Phi) is 4.51. The van der Waals surface area contributed by atoms with E-state index in [1.807, 2.05) is 7.05 Å². The Labute approximate surface area is 118 Å². The van der Waals surface area contributed by atoms with Crippen LogP contribution >= 0.6 is 27.3 Å². The highest BCUT2D eigenvalue weighted by Gasteiger charge is 2.09. The van der Waals surface area contributed by atoms with Gasteiger partial charge in [-0.05, 0) is 33.8 Å². The summed E-state index contributed by atoms with van der Waals surface area (Å²) in [5.74, 6) is 6.55. The van der Waals surface area contributed by atoms with Crippen LogP contribution < -0.4 is 16.2 Å². The zero-order chi connectivity index (χ0) is 13.0. The van der Waals surface area contributed by atoms with Crippen LogP contribution in [0.3, 0.4) is 0 Å². The molecule has 0 saturated carbocycles. The van der Waals surface area contributed by atoms with E-state index < -0.39 is 0 Å². The molecule has 0 unspecified atom stereocenters. The van der Waals surface area contributed by atoms with Gasteiger partial charge >= 0.3 is 0 Å². The fraction of sp³-hybridized carbons (Fsp3) is 0.273. The van der Waals surface area contributed by atoms with Gasteiger partial charge in [-0.1, -0.05) is 6.07 Å². The molecule has 0 bridgehead atoms. The molecule has 0 saturated heterocycles. The highest BCUT2D eigenvalue weighted by molar-refractivity contribution is 9.10. The predicted molar refractivity (Wildman–Crippen MR) is 78.8 cm³/mol. The van der Waals surface area contributed by atoms with Crippen molar-refractivity contribution in [3.63, 3.8) is 0 Å². The molecule has 0 fully saturated rings. The summed E-state index contributed by atoms with van der Waals surface area (Å²) < 4.78 is 0.857. The average Bonchev–Trinajstić information content (AvgIpc) is 2.89. The molecular formula is C11H14BrN5S. The van der Waals surface area contributed by atoms with Crippen LogP contribution in [-0.2, 0) is 6.42 Å². The molecule has 5 nitrogen and oxygen atoms in total. The smallest absolute Gasteiger partial charge is 0.239 e. The van der Waals surface area contributed by atoms with Crippen LogP contribution in [-0.4, -0.2) is 23.6 Å². The van der Waals surface area contributed by atoms with E-state index in [2.05, 4.69) is 53.7 Å². The van der Waals surface area contributed by atoms with Crippen molar-refractivity contribution in [1.29, 1.82) is 0 Å². The van der Waals surface area contributed by atoms with Gasteiger partial charge in [0.15, 0.2) is 0 Å². The van der Waals surface area contributed by atoms with Gasteiger partial charge in [0, 0.05) is 24.7 Å². The van der Waals surface area contributed by atoms with E-state index in [-0.39, 0.29) is 0 Å². The Morgan fingerprint density at radius 3 is 3.06 bits per heavy atom. The first-order valence-corrected chi connectivity index (χ1v) is 7.10. The summed E-state index contributed by atoms with van der Waals surface area (Å²) >= 11 is 5.21. The number of aromatic nitrogens is 2. The molecule has 0 aliphatic carbocycles. The van der Waals surface area contributed by atoms with E-state index in [1.54, 1.807) is 17.5 Å². The molecule has 18 heavy (non-hydrogen) atoms. The number of hydrazine groups is 1. The Morgan fingerprint density at radius 1 is 1.56 bits per heavy atom. The number of likely N-dealkylation sites (N-methyl/N-ethyl adjacent to an activating group) is 1. The van der Waals surface area contributed by atoms with Crippen LogP contribution in [0.4, 0.5) is 11.8 Å². The highest BCUT2D eigenvalue weighted by Crippen LogP contribution is 2.23. The van der Waals surface area contributed by atoms with Crippen molar-refractivity contribution in [3.8, 4) is 0 Å². The minimum atomic E-state index is 0.413. The quantitative estimate of drug-likeness (QED) is 0.651. The maximum Gasteiger partial charge on any atom is 0.239 e. The van der Waals surface area contributed by atoms with Gasteiger partial charge in [-0.15, -0.1) is 11.3 Å². The fourth-order valence-corrected chi connectivity index (χ4v) is 2.73. The van der Waals surface area contributed by atoms with Crippen LogP contribution in [0.25, 0.3) is 0 Å². The highest BCUT2D eigenvalue weighted by atomic mass is 79.9. The number of rotatable bonds is 5. The molecule has 0 aliphatic heterocycles. The van der Waals surface area contributed by atoms with Crippen LogP contribution in [0.2, 0.25) is 0 Å². The third-order valence-corrected chi connectivity index (χ3v) is 3.99. The van der Waals surface area contributed by atoms with Crippen LogP contribution in [0.5, 0.6) is 0 Å². The van der Waals surface area contributed by atoms with Crippen molar-refractivity contribution in [1.82, 2.24) is 9.97 Å². The second-order valence-electron chi connectivity index (χ2n) is 3.76. The maximum atomic E-state index is 5.31. The topological polar surface area (TPSA) is 67.1 Å². The molecule has 0 radical (unpaired) electrons. The molecule has 2 rings (SSSR count). The van der Waals surface area contributed by atoms with Crippen molar-refractivity contribution in [2.45, 2.75) is 6.42 Å². The van der Waals surface area contributed by atoms with Gasteiger partial charge in [-0.2, -0.15) is 4.98 Å². The molecule has 2 aromatic heterocycles. The van der Waals surface area contributed by atoms with Crippen LogP contribution in [0.15, 0.2) is 28.2 Å². The van der Waals surface area contributed by atoms with Crippen molar-refractivity contribution in [2.75, 3.05) is 23.9 Å². The first kappa shape index (κ1) is 13.3. The molecular weight excluding hydrogens is 314 g/mol. The van der Waals surface area contributed by atoms with Gasteiger partial charge in [0.25, 0.3) is 0 Å². The summed E-state index contributed by atoms with van der Waals surface area (Å²) in [6, 6.07) is 4.21. The maximum absolute atomic E-state index is 5.31. The van der Waals surface area contributed by atoms with Gasteiger partial charge in [-0.3, -0.25) is 5.43 Å². The number of thiophene rings is 1. The molecule has 96 valence electrons. The molecule has 0 aromatic carbocycles. The number of anilines is 2. The fourth-order valence-electron chi connectivity index (χ4n) is 1.53. The lowest BCUT2D eigenvalue weighted by Gasteiger charge is -2.19. The zero-order valence-electron chi connectivity index (χ0n) is 9.93. The number of halogens is 1. The molecule has 3 N–H and O–H groups in total. The van der Waals surface area contributed by atoms with Crippen molar-refractivity contribution < 1.29 is 0 Å². The third kappa shape index (κ3) is 3.18. The molecule has 0 aliphatic rings. The van der Waals surface area contributed by atoms with E-state index in [0.29, 0.717) is 5.95 Å². The van der Waals surface area contributed by atoms with Crippen molar-refractivity contribution in [2.24, 2.45) is 5.84 Å². The Hall–Kier alpha value is -1.18. The molecule has 0 amide bonds. The van der Waals surface area contributed by atoms with Crippen LogP contribution in [0, 0.1) is 0 Å². The predicted octanol–water partition coefficient (Wildman–Crippen LogP) is 2.27. The first-order valence-electron chi connectivity index (χ1n) is 5.43. The van der Waals surface area contributed by atoms with Crippen molar-refractivity contribution in [3.05, 3.63) is 33.1 Å². The van der Waals surface area contributed by atoms with Gasteiger partial charge < -0.3 is 4.90 Å². The van der Waals surface area contributed by atoms with Gasteiger partial charge in [0.05, 0.1) is 4.47 Å². The van der Waals surface area contributed by atoms with Gasteiger partial charge in [0.1, 0.15) is 5.82 Å². The van der Waals surface area contributed by atoms with Crippen molar-refractivity contribution >= 4 is 39.0 Å². The lowest BCUT2D eigenvalue weighted by atomic mass is 10.3. The lowest BCUT2D eigenvalue weighted by molar-refractivity contribution is 0.861. The van der Waals surface area contributed by atoms with E-state index >= 15 is 0 Å². The van der Waals surface area contributed by atoms with Crippen LogP contribution in [0.1, 0.15) is 4.88 Å². The van der Waals surface area contributed by atoms with E-state index in [9.17, 15) is 0 Å². The minimum absolute atomic E-state index is 0.413. The number of nitrogens with two attached hydrogens (primary N) is 1. The standard InChI is InChI=1S/C11H14BrN5S/c1-17(5-4-8-3-2-6-18-8)10-9(12)7-14-11(15-10)16-13/h2-3,6-7H,4-5,13H2,1H3,(H,14,15,16). The summed E-state index contributed by atoms with van der Waals surface area (Å²) in [6.45, 7) is 0.889. The first-order chi connectivity index (χ1) is 8.70. The molecule has 7 heteroatoms. The molecule has 0 spiro atoms. The number of nitrogen functional groups attached to an aromatic ring is 1. The van der Waals surface area contributed by atoms with Gasteiger partial charge in [0.2, 0.25) is 5.95 Å². The Bertz CT molecular complexity index is 502.